The van der Waals surface area contributed by atoms with Crippen molar-refractivity contribution < 1.29 is 18.3 Å². The van der Waals surface area contributed by atoms with Crippen LogP contribution in [0.5, 0.6) is 0 Å². The molecule has 1 aromatic heterocycles. The van der Waals surface area contributed by atoms with E-state index in [9.17, 15) is 13.5 Å². The molecule has 9 nitrogen and oxygen atoms in total. The highest BCUT2D eigenvalue weighted by Gasteiger charge is 2.56. The minimum absolute atomic E-state index is 0.0577. The van der Waals surface area contributed by atoms with Crippen LogP contribution in [-0.4, -0.2) is 73.8 Å². The molecule has 1 saturated heterocycles. The number of aliphatic hydroxyl groups excluding tert-OH is 1. The molecular formula is C23H31N5O4S2. The second-order valence-corrected chi connectivity index (χ2v) is 11.6. The van der Waals surface area contributed by atoms with Gasteiger partial charge in [0.15, 0.2) is 20.8 Å². The SMILES string of the molecule is CNC(=S)Nc1ccc(-c2nc(N3CCOC[C@@H]3C)cc(C3(S(=O)(=O)CCCO)CC3)n2)cc1. The summed E-state index contributed by atoms with van der Waals surface area (Å²) in [5.41, 5.74) is 2.14. The smallest absolute Gasteiger partial charge is 0.170 e. The van der Waals surface area contributed by atoms with Crippen LogP contribution in [-0.2, 0) is 19.3 Å². The molecule has 0 bridgehead atoms. The fourth-order valence-corrected chi connectivity index (χ4v) is 6.36. The Kier molecular flexibility index (Phi) is 7.36. The third-order valence-corrected chi connectivity index (χ3v) is 9.28. The average Bonchev–Trinajstić information content (AvgIpc) is 3.66. The van der Waals surface area contributed by atoms with Gasteiger partial charge in [-0.15, -0.1) is 0 Å². The third-order valence-electron chi connectivity index (χ3n) is 6.34. The number of thiocarbonyl (C=S) groups is 1. The Morgan fingerprint density at radius 1 is 1.29 bits per heavy atom. The van der Waals surface area contributed by atoms with Crippen LogP contribution < -0.4 is 15.5 Å². The van der Waals surface area contributed by atoms with Gasteiger partial charge in [0.05, 0.1) is 30.7 Å². The second kappa shape index (κ2) is 10.1. The van der Waals surface area contributed by atoms with Crippen LogP contribution in [0.3, 0.4) is 0 Å². The number of aromatic nitrogens is 2. The summed E-state index contributed by atoms with van der Waals surface area (Å²) >= 11 is 5.16. The van der Waals surface area contributed by atoms with Crippen molar-refractivity contribution in [1.29, 1.82) is 0 Å². The Morgan fingerprint density at radius 3 is 2.65 bits per heavy atom. The zero-order valence-electron chi connectivity index (χ0n) is 19.5. The van der Waals surface area contributed by atoms with Crippen molar-refractivity contribution in [3.05, 3.63) is 36.0 Å². The first kappa shape index (κ1) is 24.8. The molecule has 4 rings (SSSR count). The van der Waals surface area contributed by atoms with Crippen LogP contribution in [0.15, 0.2) is 30.3 Å². The number of sulfone groups is 1. The molecule has 1 aromatic carbocycles. The van der Waals surface area contributed by atoms with Crippen LogP contribution in [0.1, 0.15) is 31.9 Å². The maximum Gasteiger partial charge on any atom is 0.170 e. The van der Waals surface area contributed by atoms with Crippen molar-refractivity contribution >= 4 is 38.7 Å². The van der Waals surface area contributed by atoms with Crippen molar-refractivity contribution in [1.82, 2.24) is 15.3 Å². The van der Waals surface area contributed by atoms with Gasteiger partial charge in [-0.3, -0.25) is 0 Å². The minimum atomic E-state index is -3.47. The van der Waals surface area contributed by atoms with Crippen LogP contribution in [0.4, 0.5) is 11.5 Å². The minimum Gasteiger partial charge on any atom is -0.396 e. The largest absolute Gasteiger partial charge is 0.396 e. The topological polar surface area (TPSA) is 117 Å². The van der Waals surface area contributed by atoms with Gasteiger partial charge < -0.3 is 25.4 Å². The Labute approximate surface area is 205 Å². The monoisotopic (exact) mass is 505 g/mol. The summed E-state index contributed by atoms with van der Waals surface area (Å²) in [6.07, 6.45) is 1.28. The van der Waals surface area contributed by atoms with Crippen LogP contribution in [0, 0.1) is 0 Å². The lowest BCUT2D eigenvalue weighted by molar-refractivity contribution is 0.0985. The molecule has 2 heterocycles. The number of ether oxygens (including phenoxy) is 1. The quantitative estimate of drug-likeness (QED) is 0.460. The van der Waals surface area contributed by atoms with E-state index in [0.29, 0.717) is 55.0 Å². The average molecular weight is 506 g/mol. The Balaban J connectivity index is 1.75. The molecule has 2 aromatic rings. The summed E-state index contributed by atoms with van der Waals surface area (Å²) < 4.78 is 31.0. The van der Waals surface area contributed by atoms with E-state index in [0.717, 1.165) is 11.3 Å². The molecule has 2 aliphatic rings. The predicted octanol–water partition coefficient (Wildman–Crippen LogP) is 2.07. The van der Waals surface area contributed by atoms with Crippen LogP contribution in [0.25, 0.3) is 11.4 Å². The Hall–Kier alpha value is -2.34. The molecule has 1 aliphatic carbocycles. The molecule has 3 N–H and O–H groups in total. The normalized spacial score (nSPS) is 19.5. The number of hydrogen-bond acceptors (Lipinski definition) is 8. The van der Waals surface area contributed by atoms with Gasteiger partial charge in [0.1, 0.15) is 10.6 Å². The highest BCUT2D eigenvalue weighted by molar-refractivity contribution is 7.92. The van der Waals surface area contributed by atoms with Crippen molar-refractivity contribution in [2.75, 3.05) is 49.4 Å². The van der Waals surface area contributed by atoms with Gasteiger partial charge in [0.2, 0.25) is 0 Å². The maximum absolute atomic E-state index is 13.2. The van der Waals surface area contributed by atoms with E-state index in [1.165, 1.54) is 0 Å². The lowest BCUT2D eigenvalue weighted by atomic mass is 10.1. The molecule has 1 atom stereocenters. The third kappa shape index (κ3) is 5.02. The molecule has 184 valence electrons. The van der Waals surface area contributed by atoms with E-state index in [-0.39, 0.29) is 24.8 Å². The fourth-order valence-electron chi connectivity index (χ4n) is 4.20. The van der Waals surface area contributed by atoms with E-state index in [1.54, 1.807) is 7.05 Å². The maximum atomic E-state index is 13.2. The number of anilines is 2. The van der Waals surface area contributed by atoms with Gasteiger partial charge in [-0.25, -0.2) is 18.4 Å². The summed E-state index contributed by atoms with van der Waals surface area (Å²) in [7, 11) is -1.72. The van der Waals surface area contributed by atoms with Gasteiger partial charge in [-0.05, 0) is 62.7 Å². The number of nitrogens with one attached hydrogen (secondary N) is 2. The molecule has 1 aliphatic heterocycles. The fraction of sp³-hybridized carbons (Fsp3) is 0.522. The van der Waals surface area contributed by atoms with Gasteiger partial charge in [0, 0.05) is 37.5 Å². The number of benzene rings is 1. The molecule has 0 spiro atoms. The Bertz CT molecular complexity index is 1140. The molecule has 1 saturated carbocycles. The molecule has 0 unspecified atom stereocenters. The zero-order chi connectivity index (χ0) is 24.3. The molecule has 0 amide bonds. The van der Waals surface area contributed by atoms with Crippen molar-refractivity contribution in [3.8, 4) is 11.4 Å². The second-order valence-electron chi connectivity index (χ2n) is 8.72. The van der Waals surface area contributed by atoms with E-state index in [4.69, 9.17) is 26.9 Å². The number of nitrogens with zero attached hydrogens (tertiary/aromatic N) is 3. The van der Waals surface area contributed by atoms with Crippen molar-refractivity contribution in [3.63, 3.8) is 0 Å². The number of hydrogen-bond donors (Lipinski definition) is 3. The molecular weight excluding hydrogens is 474 g/mol. The van der Waals surface area contributed by atoms with Crippen molar-refractivity contribution in [2.45, 2.75) is 37.0 Å². The van der Waals surface area contributed by atoms with E-state index >= 15 is 0 Å². The van der Waals surface area contributed by atoms with E-state index < -0.39 is 14.6 Å². The number of rotatable bonds is 8. The standard InChI is InChI=1S/C23H31N5O4S2/c1-16-15-32-12-10-28(16)20-14-19(23(8-9-23)34(30,31)13-3-11-29)26-21(27-20)17-4-6-18(7-5-17)25-22(33)24-2/h4-7,14,16,29H,3,8-13,15H2,1-2H3,(H2,24,25,33)/t16-/m0/s1. The number of morpholine rings is 1. The molecule has 34 heavy (non-hydrogen) atoms. The first-order valence-corrected chi connectivity index (χ1v) is 13.5. The zero-order valence-corrected chi connectivity index (χ0v) is 21.1. The Morgan fingerprint density at radius 2 is 2.03 bits per heavy atom. The van der Waals surface area contributed by atoms with Crippen molar-refractivity contribution in [2.24, 2.45) is 0 Å². The first-order valence-electron chi connectivity index (χ1n) is 11.5. The first-order chi connectivity index (χ1) is 16.3. The van der Waals surface area contributed by atoms with Gasteiger partial charge in [0.25, 0.3) is 0 Å². The molecule has 2 fully saturated rings. The lowest BCUT2D eigenvalue weighted by Crippen LogP contribution is -2.44. The van der Waals surface area contributed by atoms with Crippen LogP contribution >= 0.6 is 12.2 Å². The van der Waals surface area contributed by atoms with Gasteiger partial charge >= 0.3 is 0 Å². The summed E-state index contributed by atoms with van der Waals surface area (Å²) in [6.45, 7) is 3.76. The summed E-state index contributed by atoms with van der Waals surface area (Å²) in [5.74, 6) is 1.13. The highest BCUT2D eigenvalue weighted by Crippen LogP contribution is 2.53. The lowest BCUT2D eigenvalue weighted by Gasteiger charge is -2.34. The van der Waals surface area contributed by atoms with Gasteiger partial charge in [-0.2, -0.15) is 0 Å². The number of aliphatic hydroxyl groups is 1. The van der Waals surface area contributed by atoms with Crippen LogP contribution in [0.2, 0.25) is 0 Å². The van der Waals surface area contributed by atoms with Gasteiger partial charge in [-0.1, -0.05) is 0 Å². The molecule has 11 heteroatoms. The van der Waals surface area contributed by atoms with E-state index in [2.05, 4.69) is 22.5 Å². The summed E-state index contributed by atoms with van der Waals surface area (Å²) in [6, 6.07) is 9.50. The highest BCUT2D eigenvalue weighted by atomic mass is 32.2. The predicted molar refractivity (Wildman–Crippen MR) is 137 cm³/mol. The summed E-state index contributed by atoms with van der Waals surface area (Å²) in [4.78, 5) is 11.8. The molecule has 0 radical (unpaired) electrons. The van der Waals surface area contributed by atoms with E-state index in [1.807, 2.05) is 30.3 Å². The summed E-state index contributed by atoms with van der Waals surface area (Å²) in [5, 5.41) is 15.7.